The third-order valence-corrected chi connectivity index (χ3v) is 5.62. The third-order valence-electron chi connectivity index (χ3n) is 5.62. The van der Waals surface area contributed by atoms with Crippen molar-refractivity contribution in [2.45, 2.75) is 45.1 Å². The van der Waals surface area contributed by atoms with E-state index in [4.69, 9.17) is 5.73 Å². The molecule has 9 heteroatoms. The van der Waals surface area contributed by atoms with E-state index in [9.17, 15) is 24.9 Å². The summed E-state index contributed by atoms with van der Waals surface area (Å²) in [5.41, 5.74) is 6.26. The Labute approximate surface area is 151 Å². The summed E-state index contributed by atoms with van der Waals surface area (Å²) in [6, 6.07) is -0.661. The molecular weight excluding hydrogens is 340 g/mol. The lowest BCUT2D eigenvalue weighted by molar-refractivity contribution is -0.163. The summed E-state index contributed by atoms with van der Waals surface area (Å²) >= 11 is 0. The summed E-state index contributed by atoms with van der Waals surface area (Å²) in [7, 11) is 0. The summed E-state index contributed by atoms with van der Waals surface area (Å²) in [4.78, 5) is 31.6. The summed E-state index contributed by atoms with van der Waals surface area (Å²) < 4.78 is 0. The maximum absolute atomic E-state index is 12.3. The summed E-state index contributed by atoms with van der Waals surface area (Å²) in [6.07, 6.45) is -1.48. The second kappa shape index (κ2) is 6.64. The van der Waals surface area contributed by atoms with Gasteiger partial charge < -0.3 is 26.0 Å². The first kappa shape index (κ1) is 18.8. The number of amides is 1. The number of fused-ring (bicyclic) bond motifs is 1. The first-order chi connectivity index (χ1) is 12.1. The fraction of sp³-hybridized carbons (Fsp3) is 0.706. The smallest absolute Gasteiger partial charge is 0.352 e. The highest BCUT2D eigenvalue weighted by Gasteiger charge is 2.59. The minimum atomic E-state index is -1.14. The number of nitrogens with zero attached hydrogens (tertiary/aromatic N) is 3. The molecule has 3 aliphatic rings. The number of aliphatic hydroxyl groups is 2. The van der Waals surface area contributed by atoms with Crippen LogP contribution in [0.3, 0.4) is 0 Å². The van der Waals surface area contributed by atoms with Gasteiger partial charge in [-0.2, -0.15) is 0 Å². The summed E-state index contributed by atoms with van der Waals surface area (Å²) in [5, 5.41) is 29.7. The number of amidine groups is 1. The first-order valence-electron chi connectivity index (χ1n) is 8.81. The van der Waals surface area contributed by atoms with E-state index in [1.54, 1.807) is 13.8 Å². The van der Waals surface area contributed by atoms with Gasteiger partial charge in [-0.3, -0.25) is 14.7 Å². The number of β-lactam (4-membered cyclic amide) rings is 1. The monoisotopic (exact) mass is 366 g/mol. The van der Waals surface area contributed by atoms with E-state index in [1.165, 1.54) is 4.90 Å². The average Bonchev–Trinajstić information content (AvgIpc) is 2.96. The van der Waals surface area contributed by atoms with Gasteiger partial charge in [-0.05, 0) is 19.4 Å². The number of aliphatic carboxylic acids is 1. The van der Waals surface area contributed by atoms with Crippen molar-refractivity contribution in [1.29, 1.82) is 0 Å². The number of carboxylic acid groups (broad SMARTS) is 1. The Hall–Kier alpha value is -1.97. The van der Waals surface area contributed by atoms with Crippen LogP contribution in [-0.2, 0) is 9.59 Å². The SMILES string of the molecule is CC(N)=N[C@H]1CN(CC2=C(C(=O)O)N3C(=O)C([C@@H](C)O)[C@H]3[C@H]2C)C[C@@H]1O. The van der Waals surface area contributed by atoms with Crippen molar-refractivity contribution in [3.05, 3.63) is 11.3 Å². The number of nitrogens with two attached hydrogens (primary N) is 1. The number of aliphatic hydroxyl groups excluding tert-OH is 2. The molecule has 9 nitrogen and oxygen atoms in total. The molecule has 0 saturated carbocycles. The zero-order valence-electron chi connectivity index (χ0n) is 15.2. The first-order valence-corrected chi connectivity index (χ1v) is 8.81. The number of β-amino-alcohol motifs (C(OH)–C–C–N with tert-alkyl or cyclic N) is 1. The molecule has 26 heavy (non-hydrogen) atoms. The quantitative estimate of drug-likeness (QED) is 0.267. The van der Waals surface area contributed by atoms with Crippen molar-refractivity contribution in [2.24, 2.45) is 22.6 Å². The standard InChI is InChI=1S/C17H26N4O5/c1-7-10(4-20-5-11(12(23)6-20)19-9(3)18)15(17(25)26)21-14(7)13(8(2)22)16(21)24/h7-8,11-14,22-23H,4-6H2,1-3H3,(H2,18,19)(H,25,26)/t7-,8+,11-,12-,13?,14+/m0/s1. The van der Waals surface area contributed by atoms with E-state index in [1.807, 2.05) is 11.8 Å². The molecule has 0 aromatic heterocycles. The zero-order chi connectivity index (χ0) is 19.3. The Kier molecular flexibility index (Phi) is 4.80. The van der Waals surface area contributed by atoms with Crippen LogP contribution >= 0.6 is 0 Å². The lowest BCUT2D eigenvalue weighted by Gasteiger charge is -2.46. The highest BCUT2D eigenvalue weighted by molar-refractivity contribution is 6.00. The predicted molar refractivity (Wildman–Crippen MR) is 93.2 cm³/mol. The Bertz CT molecular complexity index is 685. The van der Waals surface area contributed by atoms with Gasteiger partial charge in [0, 0.05) is 25.6 Å². The zero-order valence-corrected chi connectivity index (χ0v) is 15.2. The van der Waals surface area contributed by atoms with Crippen LogP contribution in [0.25, 0.3) is 0 Å². The van der Waals surface area contributed by atoms with Crippen molar-refractivity contribution >= 4 is 17.7 Å². The van der Waals surface area contributed by atoms with E-state index in [-0.39, 0.29) is 29.6 Å². The number of likely N-dealkylation sites (tertiary alicyclic amines) is 1. The average molecular weight is 366 g/mol. The highest BCUT2D eigenvalue weighted by atomic mass is 16.4. The molecule has 0 aromatic rings. The number of hydrogen-bond donors (Lipinski definition) is 4. The summed E-state index contributed by atoms with van der Waals surface area (Å²) in [6.45, 7) is 6.27. The molecule has 2 saturated heterocycles. The lowest BCUT2D eigenvalue weighted by atomic mass is 9.77. The van der Waals surface area contributed by atoms with E-state index >= 15 is 0 Å². The maximum Gasteiger partial charge on any atom is 0.352 e. The minimum absolute atomic E-state index is 0.0147. The molecule has 2 fully saturated rings. The lowest BCUT2D eigenvalue weighted by Crippen LogP contribution is -2.63. The van der Waals surface area contributed by atoms with Gasteiger partial charge in [0.2, 0.25) is 5.91 Å². The van der Waals surface area contributed by atoms with Crippen LogP contribution in [-0.4, -0.2) is 86.8 Å². The number of carboxylic acids is 1. The molecule has 1 amide bonds. The van der Waals surface area contributed by atoms with Crippen LogP contribution in [0.2, 0.25) is 0 Å². The van der Waals surface area contributed by atoms with Crippen LogP contribution in [0.15, 0.2) is 16.3 Å². The molecule has 0 bridgehead atoms. The number of hydrogen-bond acceptors (Lipinski definition) is 6. The molecular formula is C17H26N4O5. The van der Waals surface area contributed by atoms with Gasteiger partial charge in [0.1, 0.15) is 5.70 Å². The topological polar surface area (TPSA) is 140 Å². The van der Waals surface area contributed by atoms with Crippen molar-refractivity contribution in [3.8, 4) is 0 Å². The molecule has 0 aliphatic carbocycles. The van der Waals surface area contributed by atoms with Crippen molar-refractivity contribution in [2.75, 3.05) is 19.6 Å². The molecule has 3 rings (SSSR count). The molecule has 0 aromatic carbocycles. The van der Waals surface area contributed by atoms with Gasteiger partial charge in [0.25, 0.3) is 0 Å². The summed E-state index contributed by atoms with van der Waals surface area (Å²) in [5.74, 6) is -1.83. The second-order valence-corrected chi connectivity index (χ2v) is 7.53. The van der Waals surface area contributed by atoms with Crippen molar-refractivity contribution in [1.82, 2.24) is 9.80 Å². The van der Waals surface area contributed by atoms with Gasteiger partial charge >= 0.3 is 5.97 Å². The van der Waals surface area contributed by atoms with Gasteiger partial charge in [-0.25, -0.2) is 4.79 Å². The molecule has 5 N–H and O–H groups in total. The number of aliphatic imine (C=N–C) groups is 1. The van der Waals surface area contributed by atoms with Crippen LogP contribution in [0.1, 0.15) is 20.8 Å². The van der Waals surface area contributed by atoms with Crippen LogP contribution in [0, 0.1) is 11.8 Å². The molecule has 3 aliphatic heterocycles. The van der Waals surface area contributed by atoms with Crippen molar-refractivity contribution in [3.63, 3.8) is 0 Å². The van der Waals surface area contributed by atoms with Gasteiger partial charge in [0.15, 0.2) is 0 Å². The molecule has 0 spiro atoms. The highest BCUT2D eigenvalue weighted by Crippen LogP contribution is 2.47. The fourth-order valence-electron chi connectivity index (χ4n) is 4.46. The Morgan fingerprint density at radius 3 is 2.62 bits per heavy atom. The van der Waals surface area contributed by atoms with Crippen LogP contribution in [0.4, 0.5) is 0 Å². The normalized spacial score (nSPS) is 36.3. The van der Waals surface area contributed by atoms with Crippen LogP contribution in [0.5, 0.6) is 0 Å². The van der Waals surface area contributed by atoms with E-state index < -0.39 is 24.1 Å². The number of rotatable bonds is 5. The Morgan fingerprint density at radius 1 is 1.42 bits per heavy atom. The second-order valence-electron chi connectivity index (χ2n) is 7.53. The van der Waals surface area contributed by atoms with Crippen molar-refractivity contribution < 1.29 is 24.9 Å². The third kappa shape index (κ3) is 2.89. The molecule has 1 unspecified atom stereocenters. The molecule has 6 atom stereocenters. The number of carbonyl (C=O) groups excluding carboxylic acids is 1. The van der Waals surface area contributed by atoms with Gasteiger partial charge in [0.05, 0.1) is 36.0 Å². The van der Waals surface area contributed by atoms with Gasteiger partial charge in [-0.15, -0.1) is 0 Å². The molecule has 144 valence electrons. The van der Waals surface area contributed by atoms with E-state index in [0.29, 0.717) is 31.0 Å². The fourth-order valence-corrected chi connectivity index (χ4v) is 4.46. The predicted octanol–water partition coefficient (Wildman–Crippen LogP) is -1.40. The number of carbonyl (C=O) groups is 2. The van der Waals surface area contributed by atoms with Gasteiger partial charge in [-0.1, -0.05) is 6.92 Å². The minimum Gasteiger partial charge on any atom is -0.477 e. The Balaban J connectivity index is 1.82. The maximum atomic E-state index is 12.3. The molecule has 3 heterocycles. The Morgan fingerprint density at radius 2 is 2.08 bits per heavy atom. The van der Waals surface area contributed by atoms with E-state index in [0.717, 1.165) is 0 Å². The molecule has 0 radical (unpaired) electrons. The van der Waals surface area contributed by atoms with E-state index in [2.05, 4.69) is 4.99 Å². The van der Waals surface area contributed by atoms with Crippen LogP contribution < -0.4 is 5.73 Å². The largest absolute Gasteiger partial charge is 0.477 e.